The van der Waals surface area contributed by atoms with E-state index in [9.17, 15) is 0 Å². The molecular weight excluding hydrogens is 250 g/mol. The summed E-state index contributed by atoms with van der Waals surface area (Å²) in [5, 5.41) is 3.44. The summed E-state index contributed by atoms with van der Waals surface area (Å²) in [6.07, 6.45) is 0. The quantitative estimate of drug-likeness (QED) is 0.874. The Morgan fingerprint density at radius 3 is 2.50 bits per heavy atom. The Morgan fingerprint density at radius 1 is 0.950 bits per heavy atom. The lowest BCUT2D eigenvalue weighted by molar-refractivity contribution is 0.397. The molecule has 0 fully saturated rings. The highest BCUT2D eigenvalue weighted by molar-refractivity contribution is 5.40. The highest BCUT2D eigenvalue weighted by Crippen LogP contribution is 2.23. The van der Waals surface area contributed by atoms with E-state index in [0.717, 1.165) is 30.2 Å². The fraction of sp³-hybridized carbons (Fsp3) is 0.294. The zero-order valence-corrected chi connectivity index (χ0v) is 12.3. The molecule has 106 valence electrons. The second kappa shape index (κ2) is 6.96. The van der Waals surface area contributed by atoms with Crippen molar-refractivity contribution in [3.05, 3.63) is 59.2 Å². The predicted octanol–water partition coefficient (Wildman–Crippen LogP) is 3.30. The van der Waals surface area contributed by atoms with Crippen LogP contribution < -0.4 is 14.8 Å². The second-order valence-corrected chi connectivity index (χ2v) is 4.77. The van der Waals surface area contributed by atoms with Crippen molar-refractivity contribution in [1.82, 2.24) is 5.32 Å². The van der Waals surface area contributed by atoms with Crippen molar-refractivity contribution in [2.24, 2.45) is 0 Å². The van der Waals surface area contributed by atoms with Gasteiger partial charge in [-0.25, -0.2) is 0 Å². The van der Waals surface area contributed by atoms with E-state index in [-0.39, 0.29) is 0 Å². The van der Waals surface area contributed by atoms with E-state index < -0.39 is 0 Å². The van der Waals surface area contributed by atoms with Gasteiger partial charge in [0.15, 0.2) is 0 Å². The lowest BCUT2D eigenvalue weighted by atomic mass is 10.1. The molecule has 2 aromatic carbocycles. The van der Waals surface area contributed by atoms with E-state index in [4.69, 9.17) is 9.47 Å². The van der Waals surface area contributed by atoms with Crippen LogP contribution in [0.5, 0.6) is 11.5 Å². The molecule has 0 atom stereocenters. The van der Waals surface area contributed by atoms with Crippen molar-refractivity contribution in [3.63, 3.8) is 0 Å². The monoisotopic (exact) mass is 271 g/mol. The Morgan fingerprint density at radius 2 is 1.80 bits per heavy atom. The summed E-state index contributed by atoms with van der Waals surface area (Å²) < 4.78 is 10.6. The van der Waals surface area contributed by atoms with Crippen molar-refractivity contribution in [2.75, 3.05) is 14.2 Å². The molecule has 3 nitrogen and oxygen atoms in total. The minimum atomic E-state index is 0.744. The topological polar surface area (TPSA) is 30.5 Å². The molecule has 2 aromatic rings. The van der Waals surface area contributed by atoms with Crippen LogP contribution in [-0.2, 0) is 13.1 Å². The molecule has 0 aliphatic heterocycles. The minimum absolute atomic E-state index is 0.744. The molecule has 2 rings (SSSR count). The van der Waals surface area contributed by atoms with Crippen LogP contribution in [0.25, 0.3) is 0 Å². The van der Waals surface area contributed by atoms with Crippen molar-refractivity contribution in [1.29, 1.82) is 0 Å². The fourth-order valence-electron chi connectivity index (χ4n) is 2.18. The van der Waals surface area contributed by atoms with Crippen LogP contribution in [0.2, 0.25) is 0 Å². The summed E-state index contributed by atoms with van der Waals surface area (Å²) in [7, 11) is 3.36. The number of rotatable bonds is 6. The molecule has 0 aromatic heterocycles. The van der Waals surface area contributed by atoms with Gasteiger partial charge in [-0.3, -0.25) is 0 Å². The van der Waals surface area contributed by atoms with Crippen molar-refractivity contribution < 1.29 is 9.47 Å². The molecule has 0 heterocycles. The van der Waals surface area contributed by atoms with Crippen molar-refractivity contribution >= 4 is 0 Å². The molecule has 0 spiro atoms. The van der Waals surface area contributed by atoms with Gasteiger partial charge in [-0.1, -0.05) is 29.8 Å². The van der Waals surface area contributed by atoms with Gasteiger partial charge in [0.1, 0.15) is 11.5 Å². The first-order valence-corrected chi connectivity index (χ1v) is 6.70. The average molecular weight is 271 g/mol. The maximum atomic E-state index is 5.37. The third-order valence-electron chi connectivity index (χ3n) is 3.21. The van der Waals surface area contributed by atoms with Gasteiger partial charge < -0.3 is 14.8 Å². The van der Waals surface area contributed by atoms with Crippen LogP contribution in [0, 0.1) is 6.92 Å². The molecule has 0 radical (unpaired) electrons. The number of hydrogen-bond acceptors (Lipinski definition) is 3. The summed E-state index contributed by atoms with van der Waals surface area (Å²) >= 11 is 0. The third-order valence-corrected chi connectivity index (χ3v) is 3.21. The number of benzene rings is 2. The van der Waals surface area contributed by atoms with Gasteiger partial charge >= 0.3 is 0 Å². The van der Waals surface area contributed by atoms with Crippen LogP contribution >= 0.6 is 0 Å². The number of ether oxygens (including phenoxy) is 2. The second-order valence-electron chi connectivity index (χ2n) is 4.77. The van der Waals surface area contributed by atoms with Gasteiger partial charge in [-0.05, 0) is 30.7 Å². The van der Waals surface area contributed by atoms with E-state index in [2.05, 4.69) is 36.5 Å². The van der Waals surface area contributed by atoms with E-state index in [1.165, 1.54) is 11.1 Å². The maximum absolute atomic E-state index is 5.37. The van der Waals surface area contributed by atoms with Gasteiger partial charge in [0.2, 0.25) is 0 Å². The molecule has 0 aliphatic rings. The molecule has 0 amide bonds. The van der Waals surface area contributed by atoms with Crippen molar-refractivity contribution in [2.45, 2.75) is 20.0 Å². The number of aryl methyl sites for hydroxylation is 1. The summed E-state index contributed by atoms with van der Waals surface area (Å²) in [6.45, 7) is 3.69. The SMILES string of the molecule is COc1ccc(OC)c(CNCc2cccc(C)c2)c1. The lowest BCUT2D eigenvalue weighted by Crippen LogP contribution is -2.13. The smallest absolute Gasteiger partial charge is 0.123 e. The Balaban J connectivity index is 1.99. The van der Waals surface area contributed by atoms with Crippen LogP contribution in [0.4, 0.5) is 0 Å². The van der Waals surface area contributed by atoms with Crippen molar-refractivity contribution in [3.8, 4) is 11.5 Å². The summed E-state index contributed by atoms with van der Waals surface area (Å²) in [4.78, 5) is 0. The van der Waals surface area contributed by atoms with Gasteiger partial charge in [0.05, 0.1) is 14.2 Å². The Bertz CT molecular complexity index is 567. The number of hydrogen-bond donors (Lipinski definition) is 1. The molecule has 0 saturated heterocycles. The van der Waals surface area contributed by atoms with Gasteiger partial charge in [-0.15, -0.1) is 0 Å². The van der Waals surface area contributed by atoms with Gasteiger partial charge in [0, 0.05) is 18.7 Å². The normalized spacial score (nSPS) is 10.3. The molecule has 0 unspecified atom stereocenters. The minimum Gasteiger partial charge on any atom is -0.497 e. The fourth-order valence-corrected chi connectivity index (χ4v) is 2.18. The first-order chi connectivity index (χ1) is 9.72. The molecule has 0 bridgehead atoms. The first kappa shape index (κ1) is 14.4. The van der Waals surface area contributed by atoms with E-state index in [0.29, 0.717) is 0 Å². The Labute approximate surface area is 120 Å². The standard InChI is InChI=1S/C17H21NO2/c1-13-5-4-6-14(9-13)11-18-12-15-10-16(19-2)7-8-17(15)20-3/h4-10,18H,11-12H2,1-3H3. The van der Waals surface area contributed by atoms with Crippen LogP contribution in [-0.4, -0.2) is 14.2 Å². The Kier molecular flexibility index (Phi) is 5.02. The highest BCUT2D eigenvalue weighted by atomic mass is 16.5. The molecule has 1 N–H and O–H groups in total. The lowest BCUT2D eigenvalue weighted by Gasteiger charge is -2.11. The third kappa shape index (κ3) is 3.75. The maximum Gasteiger partial charge on any atom is 0.123 e. The molecule has 0 aliphatic carbocycles. The number of nitrogens with one attached hydrogen (secondary N) is 1. The Hall–Kier alpha value is -2.00. The molecular formula is C17H21NO2. The predicted molar refractivity (Wildman–Crippen MR) is 81.3 cm³/mol. The van der Waals surface area contributed by atoms with Gasteiger partial charge in [0.25, 0.3) is 0 Å². The van der Waals surface area contributed by atoms with E-state index in [1.807, 2.05) is 18.2 Å². The van der Waals surface area contributed by atoms with Crippen LogP contribution in [0.3, 0.4) is 0 Å². The summed E-state index contributed by atoms with van der Waals surface area (Å²) in [5.41, 5.74) is 3.66. The van der Waals surface area contributed by atoms with Gasteiger partial charge in [-0.2, -0.15) is 0 Å². The molecule has 3 heteroatoms. The zero-order chi connectivity index (χ0) is 14.4. The summed E-state index contributed by atoms with van der Waals surface area (Å²) in [6, 6.07) is 14.3. The zero-order valence-electron chi connectivity index (χ0n) is 12.3. The average Bonchev–Trinajstić information content (AvgIpc) is 2.47. The first-order valence-electron chi connectivity index (χ1n) is 6.70. The molecule has 0 saturated carbocycles. The summed E-state index contributed by atoms with van der Waals surface area (Å²) in [5.74, 6) is 1.72. The highest BCUT2D eigenvalue weighted by Gasteiger charge is 2.04. The number of methoxy groups -OCH3 is 2. The van der Waals surface area contributed by atoms with E-state index >= 15 is 0 Å². The van der Waals surface area contributed by atoms with Crippen LogP contribution in [0.15, 0.2) is 42.5 Å². The van der Waals surface area contributed by atoms with E-state index in [1.54, 1.807) is 14.2 Å². The largest absolute Gasteiger partial charge is 0.497 e. The van der Waals surface area contributed by atoms with Crippen LogP contribution in [0.1, 0.15) is 16.7 Å². The molecule has 20 heavy (non-hydrogen) atoms.